The Balaban J connectivity index is 1.84. The van der Waals surface area contributed by atoms with E-state index in [1.165, 1.54) is 10.8 Å². The fraction of sp³-hybridized carbons (Fsp3) is 0.148. The molecule has 4 rings (SSSR count). The zero-order valence-corrected chi connectivity index (χ0v) is 18.7. The Bertz CT molecular complexity index is 1430. The smallest absolute Gasteiger partial charge is 0.338 e. The summed E-state index contributed by atoms with van der Waals surface area (Å²) < 4.78 is 6.32. The van der Waals surface area contributed by atoms with E-state index in [4.69, 9.17) is 4.74 Å². The lowest BCUT2D eigenvalue weighted by molar-refractivity contribution is 0.0526. The Hall–Kier alpha value is -4.19. The molecule has 0 fully saturated rings. The lowest BCUT2D eigenvalue weighted by Gasteiger charge is -2.16. The van der Waals surface area contributed by atoms with Gasteiger partial charge in [-0.1, -0.05) is 35.9 Å². The summed E-state index contributed by atoms with van der Waals surface area (Å²) in [4.78, 5) is 29.6. The fourth-order valence-electron chi connectivity index (χ4n) is 3.81. The Labute approximate surface area is 191 Å². The Kier molecular flexibility index (Phi) is 6.09. The van der Waals surface area contributed by atoms with Crippen LogP contribution in [0.1, 0.15) is 34.0 Å². The summed E-state index contributed by atoms with van der Waals surface area (Å²) in [6.07, 6.45) is 1.54. The first kappa shape index (κ1) is 22.0. The largest absolute Gasteiger partial charge is 0.494 e. The molecule has 0 saturated carbocycles. The number of ether oxygens (including phenoxy) is 1. The minimum atomic E-state index is -0.391. The van der Waals surface area contributed by atoms with Crippen LogP contribution in [0.25, 0.3) is 16.5 Å². The number of fused-ring (bicyclic) bond motifs is 1. The number of nitrogens with zero attached hydrogens (tertiary/aromatic N) is 2. The first-order valence-electron chi connectivity index (χ1n) is 10.7. The van der Waals surface area contributed by atoms with Gasteiger partial charge in [-0.2, -0.15) is 0 Å². The van der Waals surface area contributed by atoms with Crippen LogP contribution in [0.15, 0.2) is 76.5 Å². The number of rotatable bonds is 5. The third kappa shape index (κ3) is 4.28. The third-order valence-corrected chi connectivity index (χ3v) is 5.42. The van der Waals surface area contributed by atoms with Crippen LogP contribution in [0.2, 0.25) is 0 Å². The number of hydrogen-bond donors (Lipinski definition) is 1. The van der Waals surface area contributed by atoms with Gasteiger partial charge in [0, 0.05) is 17.0 Å². The van der Waals surface area contributed by atoms with E-state index >= 15 is 0 Å². The molecule has 0 atom stereocenters. The van der Waals surface area contributed by atoms with Crippen molar-refractivity contribution in [1.82, 2.24) is 4.57 Å². The molecule has 0 aliphatic rings. The summed E-state index contributed by atoms with van der Waals surface area (Å²) in [6.45, 7) is 5.94. The van der Waals surface area contributed by atoms with Crippen LogP contribution in [0.5, 0.6) is 5.88 Å². The van der Waals surface area contributed by atoms with Crippen LogP contribution >= 0.6 is 0 Å². The van der Waals surface area contributed by atoms with Crippen LogP contribution < -0.4 is 5.56 Å². The molecule has 0 amide bonds. The predicted molar refractivity (Wildman–Crippen MR) is 130 cm³/mol. The highest BCUT2D eigenvalue weighted by Crippen LogP contribution is 2.28. The van der Waals surface area contributed by atoms with Crippen LogP contribution in [-0.2, 0) is 4.74 Å². The second-order valence-corrected chi connectivity index (χ2v) is 7.74. The minimum Gasteiger partial charge on any atom is -0.494 e. The van der Waals surface area contributed by atoms with Gasteiger partial charge < -0.3 is 9.84 Å². The number of carbonyl (C=O) groups is 1. The maximum Gasteiger partial charge on any atom is 0.338 e. The molecule has 0 unspecified atom stereocenters. The molecule has 3 aromatic carbocycles. The van der Waals surface area contributed by atoms with Crippen molar-refractivity contribution in [2.45, 2.75) is 20.8 Å². The highest BCUT2D eigenvalue weighted by atomic mass is 16.5. The second kappa shape index (κ2) is 9.12. The SMILES string of the molecule is CCOC(=O)c1ccc(N=Cc2c(O)n(-c3ccc(C)cc3C)c(=O)c3ccccc23)cc1. The number of aromatic nitrogens is 1. The number of benzene rings is 3. The molecule has 4 aromatic rings. The van der Waals surface area contributed by atoms with Crippen LogP contribution in [0.4, 0.5) is 5.69 Å². The van der Waals surface area contributed by atoms with Crippen molar-refractivity contribution in [3.05, 3.63) is 99.3 Å². The van der Waals surface area contributed by atoms with E-state index in [9.17, 15) is 14.7 Å². The van der Waals surface area contributed by atoms with Crippen molar-refractivity contribution in [3.8, 4) is 11.6 Å². The second-order valence-electron chi connectivity index (χ2n) is 7.74. The molecule has 1 N–H and O–H groups in total. The Morgan fingerprint density at radius 2 is 1.73 bits per heavy atom. The van der Waals surface area contributed by atoms with Gasteiger partial charge in [0.2, 0.25) is 5.88 Å². The standard InChI is InChI=1S/C27H24N2O4/c1-4-33-27(32)19-10-12-20(13-11-19)28-16-23-21-7-5-6-8-22(21)25(30)29(26(23)31)24-14-9-17(2)15-18(24)3/h5-16,31H,4H2,1-3H3. The Morgan fingerprint density at radius 3 is 2.39 bits per heavy atom. The summed E-state index contributed by atoms with van der Waals surface area (Å²) >= 11 is 0. The van der Waals surface area contributed by atoms with Crippen LogP contribution in [-0.4, -0.2) is 28.5 Å². The van der Waals surface area contributed by atoms with Gasteiger partial charge in [-0.05, 0) is 62.7 Å². The molecule has 1 heterocycles. The number of carbonyl (C=O) groups excluding carboxylic acids is 1. The average molecular weight is 440 g/mol. The molecule has 0 bridgehead atoms. The zero-order chi connectivity index (χ0) is 23.5. The average Bonchev–Trinajstić information content (AvgIpc) is 2.81. The van der Waals surface area contributed by atoms with Crippen molar-refractivity contribution < 1.29 is 14.6 Å². The molecule has 0 radical (unpaired) electrons. The summed E-state index contributed by atoms with van der Waals surface area (Å²) in [6, 6.07) is 19.5. The summed E-state index contributed by atoms with van der Waals surface area (Å²) in [5.41, 5.74) is 3.72. The van der Waals surface area contributed by atoms with Gasteiger partial charge in [0.15, 0.2) is 0 Å². The molecule has 1 aromatic heterocycles. The maximum absolute atomic E-state index is 13.3. The van der Waals surface area contributed by atoms with E-state index in [2.05, 4.69) is 4.99 Å². The number of aryl methyl sites for hydroxylation is 2. The topological polar surface area (TPSA) is 80.9 Å². The fourth-order valence-corrected chi connectivity index (χ4v) is 3.81. The number of aromatic hydroxyl groups is 1. The van der Waals surface area contributed by atoms with Crippen molar-refractivity contribution in [1.29, 1.82) is 0 Å². The number of aliphatic imine (C=N–C) groups is 1. The van der Waals surface area contributed by atoms with Crippen LogP contribution in [0, 0.1) is 13.8 Å². The molecule has 166 valence electrons. The minimum absolute atomic E-state index is 0.183. The Morgan fingerprint density at radius 1 is 1.03 bits per heavy atom. The van der Waals surface area contributed by atoms with Crippen LogP contribution in [0.3, 0.4) is 0 Å². The van der Waals surface area contributed by atoms with E-state index < -0.39 is 5.97 Å². The van der Waals surface area contributed by atoms with Gasteiger partial charge >= 0.3 is 5.97 Å². The summed E-state index contributed by atoms with van der Waals surface area (Å²) in [5.74, 6) is -0.574. The molecule has 0 spiro atoms. The number of esters is 1. The monoisotopic (exact) mass is 440 g/mol. The van der Waals surface area contributed by atoms with Gasteiger partial charge in [0.05, 0.1) is 29.1 Å². The van der Waals surface area contributed by atoms with Crippen molar-refractivity contribution >= 4 is 28.6 Å². The maximum atomic E-state index is 13.3. The normalized spacial score (nSPS) is 11.2. The molecule has 6 nitrogen and oxygen atoms in total. The lowest BCUT2D eigenvalue weighted by atomic mass is 10.1. The molecule has 0 aliphatic carbocycles. The third-order valence-electron chi connectivity index (χ3n) is 5.42. The summed E-state index contributed by atoms with van der Waals surface area (Å²) in [5, 5.41) is 12.3. The molecular formula is C27H24N2O4. The molecule has 0 saturated heterocycles. The molecule has 0 aliphatic heterocycles. The van der Waals surface area contributed by atoms with Gasteiger partial charge in [0.25, 0.3) is 5.56 Å². The van der Waals surface area contributed by atoms with Gasteiger partial charge in [-0.3, -0.25) is 9.79 Å². The molecule has 6 heteroatoms. The van der Waals surface area contributed by atoms with E-state index in [0.717, 1.165) is 11.1 Å². The first-order valence-corrected chi connectivity index (χ1v) is 10.7. The lowest BCUT2D eigenvalue weighted by Crippen LogP contribution is -2.21. The van der Waals surface area contributed by atoms with Gasteiger partial charge in [0.1, 0.15) is 0 Å². The van der Waals surface area contributed by atoms with Gasteiger partial charge in [-0.25, -0.2) is 9.36 Å². The predicted octanol–water partition coefficient (Wildman–Crippen LogP) is 5.24. The van der Waals surface area contributed by atoms with Crippen molar-refractivity contribution in [2.75, 3.05) is 6.61 Å². The van der Waals surface area contributed by atoms with Gasteiger partial charge in [-0.15, -0.1) is 0 Å². The van der Waals surface area contributed by atoms with Crippen molar-refractivity contribution in [3.63, 3.8) is 0 Å². The quantitative estimate of drug-likeness (QED) is 0.340. The van der Waals surface area contributed by atoms with E-state index in [1.807, 2.05) is 38.1 Å². The van der Waals surface area contributed by atoms with Crippen molar-refractivity contribution in [2.24, 2.45) is 4.99 Å². The molecular weight excluding hydrogens is 416 g/mol. The molecule has 33 heavy (non-hydrogen) atoms. The summed E-state index contributed by atoms with van der Waals surface area (Å²) in [7, 11) is 0. The van der Waals surface area contributed by atoms with E-state index in [-0.39, 0.29) is 11.4 Å². The highest BCUT2D eigenvalue weighted by molar-refractivity contribution is 6.02. The van der Waals surface area contributed by atoms with E-state index in [1.54, 1.807) is 49.4 Å². The first-order chi connectivity index (χ1) is 15.9. The number of hydrogen-bond acceptors (Lipinski definition) is 5. The zero-order valence-electron chi connectivity index (χ0n) is 18.7. The highest BCUT2D eigenvalue weighted by Gasteiger charge is 2.17. The number of pyridine rings is 1. The van der Waals surface area contributed by atoms with E-state index in [0.29, 0.717) is 39.9 Å².